The molecule has 0 fully saturated rings. The Morgan fingerprint density at radius 3 is 1.92 bits per heavy atom. The molecule has 1 aromatic heterocycles. The Morgan fingerprint density at radius 1 is 0.816 bits per heavy atom. The lowest BCUT2D eigenvalue weighted by atomic mass is 10.0. The molecule has 9 heteroatoms. The van der Waals surface area contributed by atoms with E-state index < -0.39 is 11.8 Å². The van der Waals surface area contributed by atoms with E-state index in [-0.39, 0.29) is 22.6 Å². The van der Waals surface area contributed by atoms with Crippen molar-refractivity contribution in [3.05, 3.63) is 87.2 Å². The van der Waals surface area contributed by atoms with Gasteiger partial charge in [0.05, 0.1) is 16.8 Å². The van der Waals surface area contributed by atoms with Crippen molar-refractivity contribution in [1.29, 1.82) is 0 Å². The molecule has 0 unspecified atom stereocenters. The molecule has 6 N–H and O–H groups in total. The predicted molar refractivity (Wildman–Crippen MR) is 145 cm³/mol. The molecule has 0 radical (unpaired) electrons. The second-order valence-electron chi connectivity index (χ2n) is 10.1. The first-order chi connectivity index (χ1) is 18.1. The molecule has 3 aromatic rings. The lowest BCUT2D eigenvalue weighted by molar-refractivity contribution is 0.0988. The smallest absolute Gasteiger partial charge is 0.252 e. The minimum atomic E-state index is -0.659. The highest BCUT2D eigenvalue weighted by molar-refractivity contribution is 5.96. The van der Waals surface area contributed by atoms with Gasteiger partial charge in [-0.1, -0.05) is 18.2 Å². The van der Waals surface area contributed by atoms with Gasteiger partial charge in [0.15, 0.2) is 0 Å². The van der Waals surface area contributed by atoms with Gasteiger partial charge in [0.25, 0.3) is 11.8 Å². The van der Waals surface area contributed by atoms with E-state index in [2.05, 4.69) is 9.80 Å². The zero-order valence-electron chi connectivity index (χ0n) is 21.9. The molecule has 4 rings (SSSR count). The summed E-state index contributed by atoms with van der Waals surface area (Å²) in [7, 11) is 0. The van der Waals surface area contributed by atoms with Crippen molar-refractivity contribution >= 4 is 11.8 Å². The molecule has 200 valence electrons. The van der Waals surface area contributed by atoms with Crippen LogP contribution >= 0.6 is 0 Å². The highest BCUT2D eigenvalue weighted by Crippen LogP contribution is 2.28. The Balaban J connectivity index is 1.58. The molecule has 0 spiro atoms. The minimum absolute atomic E-state index is 0.0701. The summed E-state index contributed by atoms with van der Waals surface area (Å²) in [6, 6.07) is 13.0. The fourth-order valence-corrected chi connectivity index (χ4v) is 5.07. The van der Waals surface area contributed by atoms with Gasteiger partial charge in [-0.05, 0) is 62.2 Å². The van der Waals surface area contributed by atoms with Gasteiger partial charge < -0.3 is 21.7 Å². The Bertz CT molecular complexity index is 1360. The number of primary amides is 2. The van der Waals surface area contributed by atoms with Crippen molar-refractivity contribution < 1.29 is 19.8 Å². The van der Waals surface area contributed by atoms with E-state index in [0.29, 0.717) is 37.3 Å². The average Bonchev–Trinajstić information content (AvgIpc) is 2.87. The Kier molecular flexibility index (Phi) is 8.29. The van der Waals surface area contributed by atoms with Crippen LogP contribution in [-0.4, -0.2) is 56.4 Å². The molecule has 0 atom stereocenters. The maximum atomic E-state index is 11.8. The van der Waals surface area contributed by atoms with Gasteiger partial charge >= 0.3 is 0 Å². The topological polar surface area (TPSA) is 146 Å². The number of hydrogen-bond donors (Lipinski definition) is 4. The second kappa shape index (κ2) is 11.6. The molecular formula is C29H35N5O4. The van der Waals surface area contributed by atoms with Crippen molar-refractivity contribution in [3.63, 3.8) is 0 Å². The van der Waals surface area contributed by atoms with E-state index in [4.69, 9.17) is 16.5 Å². The van der Waals surface area contributed by atoms with Crippen molar-refractivity contribution in [2.24, 2.45) is 11.5 Å². The summed E-state index contributed by atoms with van der Waals surface area (Å²) >= 11 is 0. The normalized spacial score (nSPS) is 15.1. The SMILES string of the molecule is Cc1cc(CN2CCCN(Cc3cc(C)cc(C(N)=O)c3O)Cc3cccc(n3)CC2)c(O)c(C(N)=O)c1. The lowest BCUT2D eigenvalue weighted by Gasteiger charge is -2.26. The first-order valence-corrected chi connectivity index (χ1v) is 12.7. The van der Waals surface area contributed by atoms with Crippen LogP contribution in [-0.2, 0) is 26.1 Å². The standard InChI is InChI=1S/C29H35N5O4/c1-18-11-20(26(35)24(13-18)28(30)37)15-33-8-4-9-34(17-23-6-3-5-22(32-23)7-10-33)16-21-12-19(2)14-25(27(21)36)29(31)38/h3,5-6,11-14,35-36H,4,7-10,15-17H2,1-2H3,(H2,30,37)(H2,31,38). The molecule has 2 amide bonds. The Labute approximate surface area is 222 Å². The zero-order valence-corrected chi connectivity index (χ0v) is 21.9. The van der Waals surface area contributed by atoms with Gasteiger partial charge in [-0.2, -0.15) is 0 Å². The van der Waals surface area contributed by atoms with Crippen LogP contribution in [0.3, 0.4) is 0 Å². The predicted octanol–water partition coefficient (Wildman–Crippen LogP) is 2.76. The Morgan fingerprint density at radius 2 is 1.34 bits per heavy atom. The fourth-order valence-electron chi connectivity index (χ4n) is 5.07. The van der Waals surface area contributed by atoms with Gasteiger partial charge in [-0.25, -0.2) is 0 Å². The van der Waals surface area contributed by atoms with E-state index >= 15 is 0 Å². The summed E-state index contributed by atoms with van der Waals surface area (Å²) in [6.07, 6.45) is 1.56. The largest absolute Gasteiger partial charge is 0.507 e. The summed E-state index contributed by atoms with van der Waals surface area (Å²) in [6.45, 7) is 7.43. The summed E-state index contributed by atoms with van der Waals surface area (Å²) in [5.74, 6) is -1.46. The zero-order chi connectivity index (χ0) is 27.4. The summed E-state index contributed by atoms with van der Waals surface area (Å²) in [5, 5.41) is 21.4. The van der Waals surface area contributed by atoms with Crippen molar-refractivity contribution in [2.45, 2.75) is 46.3 Å². The Hall–Kier alpha value is -3.95. The van der Waals surface area contributed by atoms with E-state index in [1.165, 1.54) is 0 Å². The molecule has 38 heavy (non-hydrogen) atoms. The molecule has 2 bridgehead atoms. The molecule has 1 aliphatic rings. The number of aromatic nitrogens is 1. The summed E-state index contributed by atoms with van der Waals surface area (Å²) in [4.78, 5) is 32.9. The second-order valence-corrected chi connectivity index (χ2v) is 10.1. The maximum absolute atomic E-state index is 11.8. The minimum Gasteiger partial charge on any atom is -0.507 e. The van der Waals surface area contributed by atoms with Crippen molar-refractivity contribution in [1.82, 2.24) is 14.8 Å². The number of hydrogen-bond acceptors (Lipinski definition) is 7. The van der Waals surface area contributed by atoms with Gasteiger partial charge in [-0.3, -0.25) is 24.4 Å². The molecule has 2 aromatic carbocycles. The molecular weight excluding hydrogens is 482 g/mol. The third-order valence-electron chi connectivity index (χ3n) is 6.87. The fraction of sp³-hybridized carbons (Fsp3) is 0.345. The van der Waals surface area contributed by atoms with Crippen LogP contribution in [0.5, 0.6) is 11.5 Å². The van der Waals surface area contributed by atoms with E-state index in [9.17, 15) is 19.8 Å². The monoisotopic (exact) mass is 517 g/mol. The quantitative estimate of drug-likeness (QED) is 0.393. The van der Waals surface area contributed by atoms with Crippen LogP contribution in [0.1, 0.15) is 60.8 Å². The lowest BCUT2D eigenvalue weighted by Crippen LogP contribution is -2.30. The van der Waals surface area contributed by atoms with E-state index in [0.717, 1.165) is 48.4 Å². The number of rotatable bonds is 6. The van der Waals surface area contributed by atoms with Crippen LogP contribution in [0.2, 0.25) is 0 Å². The highest BCUT2D eigenvalue weighted by atomic mass is 16.3. The number of aryl methyl sites for hydroxylation is 2. The molecule has 0 aliphatic carbocycles. The van der Waals surface area contributed by atoms with Gasteiger partial charge in [-0.15, -0.1) is 0 Å². The highest BCUT2D eigenvalue weighted by Gasteiger charge is 2.20. The van der Waals surface area contributed by atoms with Crippen molar-refractivity contribution in [3.8, 4) is 11.5 Å². The number of fused-ring (bicyclic) bond motifs is 2. The summed E-state index contributed by atoms with van der Waals surface area (Å²) in [5.41, 5.74) is 16.1. The third-order valence-corrected chi connectivity index (χ3v) is 6.87. The van der Waals surface area contributed by atoms with Crippen LogP contribution in [0.15, 0.2) is 42.5 Å². The van der Waals surface area contributed by atoms with Gasteiger partial charge in [0.2, 0.25) is 0 Å². The number of aromatic hydroxyl groups is 2. The van der Waals surface area contributed by atoms with Crippen LogP contribution in [0.4, 0.5) is 0 Å². The van der Waals surface area contributed by atoms with Crippen molar-refractivity contribution in [2.75, 3.05) is 19.6 Å². The number of phenols is 2. The number of amides is 2. The molecule has 2 heterocycles. The molecule has 0 saturated carbocycles. The van der Waals surface area contributed by atoms with Crippen LogP contribution in [0.25, 0.3) is 0 Å². The maximum Gasteiger partial charge on any atom is 0.252 e. The van der Waals surface area contributed by atoms with Crippen LogP contribution in [0, 0.1) is 13.8 Å². The van der Waals surface area contributed by atoms with Gasteiger partial charge in [0, 0.05) is 56.0 Å². The third kappa shape index (κ3) is 6.48. The van der Waals surface area contributed by atoms with E-state index in [1.807, 2.05) is 44.2 Å². The van der Waals surface area contributed by atoms with Crippen LogP contribution < -0.4 is 11.5 Å². The first kappa shape index (κ1) is 27.1. The number of pyridine rings is 1. The number of benzene rings is 2. The molecule has 1 aliphatic heterocycles. The molecule has 9 nitrogen and oxygen atoms in total. The summed E-state index contributed by atoms with van der Waals surface area (Å²) < 4.78 is 0. The molecule has 0 saturated heterocycles. The van der Waals surface area contributed by atoms with E-state index in [1.54, 1.807) is 12.1 Å². The number of nitrogens with zero attached hydrogens (tertiary/aromatic N) is 3. The number of carbonyl (C=O) groups is 2. The van der Waals surface area contributed by atoms with Gasteiger partial charge in [0.1, 0.15) is 11.5 Å². The number of nitrogens with two attached hydrogens (primary N) is 2. The number of carbonyl (C=O) groups excluding carboxylic acids is 2. The first-order valence-electron chi connectivity index (χ1n) is 12.7. The average molecular weight is 518 g/mol.